The lowest BCUT2D eigenvalue weighted by Gasteiger charge is -2.29. The molecule has 3 heteroatoms. The van der Waals surface area contributed by atoms with Crippen LogP contribution in [-0.2, 0) is 4.79 Å². The highest BCUT2D eigenvalue weighted by atomic mass is 16.2. The summed E-state index contributed by atoms with van der Waals surface area (Å²) in [4.78, 5) is 12.0. The van der Waals surface area contributed by atoms with Gasteiger partial charge in [0.05, 0.1) is 6.04 Å². The third-order valence-corrected chi connectivity index (χ3v) is 4.68. The van der Waals surface area contributed by atoms with E-state index in [1.165, 1.54) is 44.9 Å². The Bertz CT molecular complexity index is 253. The molecule has 2 fully saturated rings. The van der Waals surface area contributed by atoms with Crippen LogP contribution < -0.4 is 10.6 Å². The molecule has 1 saturated heterocycles. The quantitative estimate of drug-likeness (QED) is 0.788. The van der Waals surface area contributed by atoms with Crippen LogP contribution in [0.15, 0.2) is 0 Å². The number of hydrogen-bond acceptors (Lipinski definition) is 2. The van der Waals surface area contributed by atoms with Crippen molar-refractivity contribution in [3.05, 3.63) is 0 Å². The van der Waals surface area contributed by atoms with Gasteiger partial charge in [0.25, 0.3) is 0 Å². The van der Waals surface area contributed by atoms with Crippen LogP contribution in [0, 0.1) is 5.41 Å². The van der Waals surface area contributed by atoms with Gasteiger partial charge in [0.2, 0.25) is 5.91 Å². The number of piperidine rings is 1. The highest BCUT2D eigenvalue weighted by Gasteiger charge is 2.33. The molecule has 0 spiro atoms. The van der Waals surface area contributed by atoms with Gasteiger partial charge >= 0.3 is 0 Å². The summed E-state index contributed by atoms with van der Waals surface area (Å²) in [5.41, 5.74) is 0.407. The molecule has 1 amide bonds. The Balaban J connectivity index is 1.78. The largest absolute Gasteiger partial charge is 0.354 e. The van der Waals surface area contributed by atoms with Crippen molar-refractivity contribution >= 4 is 5.91 Å². The SMILES string of the molecule is CCC1(CNC(=O)[C@@H]2CCCCN2)CCCC1. The topological polar surface area (TPSA) is 41.1 Å². The summed E-state index contributed by atoms with van der Waals surface area (Å²) in [7, 11) is 0. The molecule has 1 aliphatic carbocycles. The Kier molecular flexibility index (Phi) is 4.43. The van der Waals surface area contributed by atoms with Crippen LogP contribution in [0.2, 0.25) is 0 Å². The maximum absolute atomic E-state index is 12.0. The molecule has 2 N–H and O–H groups in total. The molecule has 98 valence electrons. The zero-order valence-electron chi connectivity index (χ0n) is 11.1. The zero-order valence-corrected chi connectivity index (χ0v) is 11.1. The molecule has 17 heavy (non-hydrogen) atoms. The lowest BCUT2D eigenvalue weighted by atomic mass is 9.83. The Morgan fingerprint density at radius 1 is 1.29 bits per heavy atom. The van der Waals surface area contributed by atoms with Gasteiger partial charge in [-0.05, 0) is 44.1 Å². The summed E-state index contributed by atoms with van der Waals surface area (Å²) in [6.07, 6.45) is 9.86. The normalized spacial score (nSPS) is 27.9. The smallest absolute Gasteiger partial charge is 0.237 e. The molecule has 0 aromatic rings. The maximum atomic E-state index is 12.0. The van der Waals surface area contributed by atoms with Crippen molar-refractivity contribution in [2.24, 2.45) is 5.41 Å². The van der Waals surface area contributed by atoms with Crippen molar-refractivity contribution in [1.29, 1.82) is 0 Å². The molecule has 3 nitrogen and oxygen atoms in total. The van der Waals surface area contributed by atoms with E-state index in [0.29, 0.717) is 5.41 Å². The fourth-order valence-electron chi connectivity index (χ4n) is 3.25. The van der Waals surface area contributed by atoms with Crippen molar-refractivity contribution in [2.45, 2.75) is 64.3 Å². The molecule has 0 unspecified atom stereocenters. The summed E-state index contributed by atoms with van der Waals surface area (Å²) >= 11 is 0. The minimum absolute atomic E-state index is 0.0686. The Morgan fingerprint density at radius 2 is 2.06 bits per heavy atom. The molecular weight excluding hydrogens is 212 g/mol. The van der Waals surface area contributed by atoms with Gasteiger partial charge in [-0.3, -0.25) is 4.79 Å². The van der Waals surface area contributed by atoms with Crippen molar-refractivity contribution in [2.75, 3.05) is 13.1 Å². The number of hydrogen-bond donors (Lipinski definition) is 2. The summed E-state index contributed by atoms with van der Waals surface area (Å²) in [5, 5.41) is 6.50. The fourth-order valence-corrected chi connectivity index (χ4v) is 3.25. The van der Waals surface area contributed by atoms with Crippen molar-refractivity contribution < 1.29 is 4.79 Å². The Hall–Kier alpha value is -0.570. The van der Waals surface area contributed by atoms with Crippen molar-refractivity contribution in [3.63, 3.8) is 0 Å². The van der Waals surface area contributed by atoms with Gasteiger partial charge in [-0.25, -0.2) is 0 Å². The third-order valence-electron chi connectivity index (χ3n) is 4.68. The van der Waals surface area contributed by atoms with Gasteiger partial charge < -0.3 is 10.6 Å². The number of carbonyl (C=O) groups is 1. The van der Waals surface area contributed by atoms with Gasteiger partial charge in [0.1, 0.15) is 0 Å². The van der Waals surface area contributed by atoms with Crippen LogP contribution in [0.3, 0.4) is 0 Å². The Morgan fingerprint density at radius 3 is 2.65 bits per heavy atom. The van der Waals surface area contributed by atoms with E-state index in [1.807, 2.05) is 0 Å². The van der Waals surface area contributed by atoms with E-state index in [2.05, 4.69) is 17.6 Å². The van der Waals surface area contributed by atoms with Gasteiger partial charge in [-0.15, -0.1) is 0 Å². The molecule has 0 bridgehead atoms. The lowest BCUT2D eigenvalue weighted by Crippen LogP contribution is -2.48. The van der Waals surface area contributed by atoms with Gasteiger partial charge in [0, 0.05) is 6.54 Å². The van der Waals surface area contributed by atoms with E-state index < -0.39 is 0 Å². The number of amides is 1. The maximum Gasteiger partial charge on any atom is 0.237 e. The second-order valence-electron chi connectivity index (χ2n) is 5.78. The highest BCUT2D eigenvalue weighted by molar-refractivity contribution is 5.81. The molecular formula is C14H26N2O. The molecule has 2 rings (SSSR count). The molecule has 0 aromatic carbocycles. The summed E-state index contributed by atoms with van der Waals surface area (Å²) < 4.78 is 0. The molecule has 0 aromatic heterocycles. The van der Waals surface area contributed by atoms with E-state index in [0.717, 1.165) is 19.5 Å². The first-order valence-electron chi connectivity index (χ1n) is 7.27. The molecule has 1 heterocycles. The minimum atomic E-state index is 0.0686. The number of nitrogens with one attached hydrogen (secondary N) is 2. The van der Waals surface area contributed by atoms with Crippen molar-refractivity contribution in [1.82, 2.24) is 10.6 Å². The summed E-state index contributed by atoms with van der Waals surface area (Å²) in [5.74, 6) is 0.226. The molecule has 1 aliphatic heterocycles. The van der Waals surface area contributed by atoms with E-state index in [9.17, 15) is 4.79 Å². The van der Waals surface area contributed by atoms with Crippen molar-refractivity contribution in [3.8, 4) is 0 Å². The average Bonchev–Trinajstić information content (AvgIpc) is 2.86. The van der Waals surface area contributed by atoms with Gasteiger partial charge in [-0.2, -0.15) is 0 Å². The monoisotopic (exact) mass is 238 g/mol. The van der Waals surface area contributed by atoms with Gasteiger partial charge in [-0.1, -0.05) is 26.2 Å². The first-order chi connectivity index (χ1) is 8.26. The van der Waals surface area contributed by atoms with Crippen LogP contribution in [0.1, 0.15) is 58.3 Å². The molecule has 2 aliphatic rings. The van der Waals surface area contributed by atoms with Crippen LogP contribution in [-0.4, -0.2) is 25.0 Å². The van der Waals surface area contributed by atoms with Crippen LogP contribution >= 0.6 is 0 Å². The first kappa shape index (κ1) is 12.9. The van der Waals surface area contributed by atoms with Crippen LogP contribution in [0.25, 0.3) is 0 Å². The van der Waals surface area contributed by atoms with E-state index in [4.69, 9.17) is 0 Å². The van der Waals surface area contributed by atoms with Crippen LogP contribution in [0.4, 0.5) is 0 Å². The van der Waals surface area contributed by atoms with Gasteiger partial charge in [0.15, 0.2) is 0 Å². The molecule has 1 saturated carbocycles. The molecule has 1 atom stereocenters. The van der Waals surface area contributed by atoms with Crippen LogP contribution in [0.5, 0.6) is 0 Å². The summed E-state index contributed by atoms with van der Waals surface area (Å²) in [6, 6.07) is 0.0686. The lowest BCUT2D eigenvalue weighted by molar-refractivity contribution is -0.124. The Labute approximate surface area is 105 Å². The predicted molar refractivity (Wildman–Crippen MR) is 69.8 cm³/mol. The third kappa shape index (κ3) is 3.21. The van der Waals surface area contributed by atoms with E-state index in [1.54, 1.807) is 0 Å². The molecule has 0 radical (unpaired) electrons. The second kappa shape index (κ2) is 5.85. The second-order valence-corrected chi connectivity index (χ2v) is 5.78. The highest BCUT2D eigenvalue weighted by Crippen LogP contribution is 2.40. The number of carbonyl (C=O) groups excluding carboxylic acids is 1. The van der Waals surface area contributed by atoms with E-state index in [-0.39, 0.29) is 11.9 Å². The first-order valence-corrected chi connectivity index (χ1v) is 7.27. The predicted octanol–water partition coefficient (Wildman–Crippen LogP) is 2.22. The standard InChI is InChI=1S/C14H26N2O/c1-2-14(8-4-5-9-14)11-16-13(17)12-7-3-6-10-15-12/h12,15H,2-11H2,1H3,(H,16,17)/t12-/m0/s1. The van der Waals surface area contributed by atoms with E-state index >= 15 is 0 Å². The zero-order chi connectivity index (χ0) is 12.1. The number of rotatable bonds is 4. The minimum Gasteiger partial charge on any atom is -0.354 e. The fraction of sp³-hybridized carbons (Fsp3) is 0.929. The average molecular weight is 238 g/mol. The summed E-state index contributed by atoms with van der Waals surface area (Å²) in [6.45, 7) is 4.15.